The minimum Gasteiger partial charge on any atom is -0.466 e. The topological polar surface area (TPSA) is 122 Å². The van der Waals surface area contributed by atoms with Gasteiger partial charge in [0.15, 0.2) is 6.61 Å². The van der Waals surface area contributed by atoms with Gasteiger partial charge in [0, 0.05) is 13.1 Å². The van der Waals surface area contributed by atoms with Crippen molar-refractivity contribution in [1.29, 1.82) is 0 Å². The molecule has 0 spiro atoms. The van der Waals surface area contributed by atoms with Gasteiger partial charge in [-0.1, -0.05) is 13.8 Å². The van der Waals surface area contributed by atoms with Gasteiger partial charge >= 0.3 is 18.0 Å². The van der Waals surface area contributed by atoms with Crippen LogP contribution in [0.5, 0.6) is 0 Å². The number of urea groups is 1. The van der Waals surface area contributed by atoms with Crippen LogP contribution in [0.2, 0.25) is 0 Å². The number of nitrogens with one attached hydrogen (secondary N) is 1. The molecular formula is C19H29N3O7. The van der Waals surface area contributed by atoms with E-state index in [9.17, 15) is 24.0 Å². The third-order valence-electron chi connectivity index (χ3n) is 5.56. The third kappa shape index (κ3) is 5.04. The van der Waals surface area contributed by atoms with Crippen LogP contribution in [0, 0.1) is 5.92 Å². The van der Waals surface area contributed by atoms with Crippen LogP contribution in [-0.4, -0.2) is 78.0 Å². The van der Waals surface area contributed by atoms with Crippen LogP contribution in [0.15, 0.2) is 0 Å². The summed E-state index contributed by atoms with van der Waals surface area (Å²) in [6.07, 6.45) is 1.83. The Kier molecular flexibility index (Phi) is 7.58. The molecule has 0 aromatic heterocycles. The molecule has 29 heavy (non-hydrogen) atoms. The molecule has 0 aliphatic carbocycles. The van der Waals surface area contributed by atoms with Crippen molar-refractivity contribution in [2.45, 2.75) is 52.0 Å². The van der Waals surface area contributed by atoms with E-state index in [-0.39, 0.29) is 17.8 Å². The number of hydrogen-bond donors (Lipinski definition) is 1. The van der Waals surface area contributed by atoms with Crippen molar-refractivity contribution in [2.75, 3.05) is 32.8 Å². The van der Waals surface area contributed by atoms with Gasteiger partial charge in [0.1, 0.15) is 12.1 Å². The van der Waals surface area contributed by atoms with Gasteiger partial charge in [0.05, 0.1) is 12.5 Å². The summed E-state index contributed by atoms with van der Waals surface area (Å²) in [6, 6.07) is -0.636. The smallest absolute Gasteiger partial charge is 0.326 e. The third-order valence-corrected chi connectivity index (χ3v) is 5.56. The van der Waals surface area contributed by atoms with Crippen molar-refractivity contribution in [1.82, 2.24) is 15.1 Å². The number of piperidine rings is 1. The molecule has 10 heteroatoms. The summed E-state index contributed by atoms with van der Waals surface area (Å²) in [6.45, 7) is 5.38. The van der Waals surface area contributed by atoms with Crippen LogP contribution < -0.4 is 5.32 Å². The summed E-state index contributed by atoms with van der Waals surface area (Å²) in [5.74, 6) is -2.15. The molecule has 0 radical (unpaired) electrons. The number of carbonyl (C=O) groups excluding carboxylic acids is 5. The van der Waals surface area contributed by atoms with Crippen molar-refractivity contribution in [3.8, 4) is 0 Å². The van der Waals surface area contributed by atoms with E-state index in [2.05, 4.69) is 5.32 Å². The quantitative estimate of drug-likeness (QED) is 0.454. The second-order valence-electron chi connectivity index (χ2n) is 7.18. The van der Waals surface area contributed by atoms with E-state index in [1.54, 1.807) is 20.8 Å². The van der Waals surface area contributed by atoms with Crippen LogP contribution in [0.4, 0.5) is 4.79 Å². The van der Waals surface area contributed by atoms with E-state index in [1.165, 1.54) is 4.90 Å². The molecule has 10 nitrogen and oxygen atoms in total. The summed E-state index contributed by atoms with van der Waals surface area (Å²) in [5, 5.41) is 2.63. The fraction of sp³-hybridized carbons (Fsp3) is 0.737. The first-order valence-corrected chi connectivity index (χ1v) is 10.0. The number of esters is 2. The van der Waals surface area contributed by atoms with Gasteiger partial charge in [0.25, 0.3) is 11.8 Å². The van der Waals surface area contributed by atoms with Crippen LogP contribution in [0.3, 0.4) is 0 Å². The van der Waals surface area contributed by atoms with Crippen molar-refractivity contribution in [3.05, 3.63) is 0 Å². The highest BCUT2D eigenvalue weighted by molar-refractivity contribution is 6.08. The average molecular weight is 411 g/mol. The summed E-state index contributed by atoms with van der Waals surface area (Å²) < 4.78 is 9.96. The Morgan fingerprint density at radius 2 is 1.69 bits per heavy atom. The molecule has 0 aromatic carbocycles. The fourth-order valence-electron chi connectivity index (χ4n) is 3.58. The molecule has 2 aliphatic heterocycles. The second-order valence-corrected chi connectivity index (χ2v) is 7.18. The number of amides is 4. The Balaban J connectivity index is 1.78. The van der Waals surface area contributed by atoms with Gasteiger partial charge in [-0.2, -0.15) is 0 Å². The highest BCUT2D eigenvalue weighted by atomic mass is 16.5. The molecule has 162 valence electrons. The molecule has 2 fully saturated rings. The van der Waals surface area contributed by atoms with Crippen molar-refractivity contribution < 1.29 is 33.4 Å². The van der Waals surface area contributed by atoms with Crippen LogP contribution in [0.25, 0.3) is 0 Å². The molecule has 0 atom stereocenters. The Labute approximate surface area is 169 Å². The number of hydrogen-bond acceptors (Lipinski definition) is 7. The normalized spacial score (nSPS) is 19.1. The molecule has 0 aromatic rings. The monoisotopic (exact) mass is 411 g/mol. The molecule has 0 bridgehead atoms. The lowest BCUT2D eigenvalue weighted by Crippen LogP contribution is -2.46. The summed E-state index contributed by atoms with van der Waals surface area (Å²) in [4.78, 5) is 62.9. The van der Waals surface area contributed by atoms with E-state index in [0.717, 1.165) is 4.90 Å². The number of ether oxygens (including phenoxy) is 2. The van der Waals surface area contributed by atoms with Gasteiger partial charge in [-0.05, 0) is 32.6 Å². The number of nitrogens with zero attached hydrogens (tertiary/aromatic N) is 2. The van der Waals surface area contributed by atoms with E-state index >= 15 is 0 Å². The first kappa shape index (κ1) is 22.6. The Bertz CT molecular complexity index is 667. The predicted molar refractivity (Wildman–Crippen MR) is 100 cm³/mol. The van der Waals surface area contributed by atoms with Crippen molar-refractivity contribution >= 4 is 29.8 Å². The number of imide groups is 1. The molecule has 0 saturated carbocycles. The lowest BCUT2D eigenvalue weighted by Gasteiger charge is -2.30. The van der Waals surface area contributed by atoms with Crippen LogP contribution in [-0.2, 0) is 28.7 Å². The highest BCUT2D eigenvalue weighted by Gasteiger charge is 2.49. The number of carbonyl (C=O) groups is 5. The van der Waals surface area contributed by atoms with Gasteiger partial charge in [-0.25, -0.2) is 4.79 Å². The minimum atomic E-state index is -0.990. The largest absolute Gasteiger partial charge is 0.466 e. The maximum Gasteiger partial charge on any atom is 0.326 e. The molecule has 2 rings (SSSR count). The fourth-order valence-corrected chi connectivity index (χ4v) is 3.58. The van der Waals surface area contributed by atoms with E-state index in [0.29, 0.717) is 45.4 Å². The zero-order valence-corrected chi connectivity index (χ0v) is 17.2. The zero-order valence-electron chi connectivity index (χ0n) is 17.2. The SMILES string of the molecule is CCOC(=O)C1CCN(C(=O)COC(=O)CN2C(=O)NC(CC)(CC)C2=O)CC1. The summed E-state index contributed by atoms with van der Waals surface area (Å²) in [7, 11) is 0. The molecule has 0 unspecified atom stereocenters. The molecule has 2 saturated heterocycles. The van der Waals surface area contributed by atoms with Gasteiger partial charge in [-0.15, -0.1) is 0 Å². The highest BCUT2D eigenvalue weighted by Crippen LogP contribution is 2.24. The van der Waals surface area contributed by atoms with E-state index in [4.69, 9.17) is 9.47 Å². The lowest BCUT2D eigenvalue weighted by atomic mass is 9.93. The maximum atomic E-state index is 12.5. The number of likely N-dealkylation sites (tertiary alicyclic amines) is 1. The van der Waals surface area contributed by atoms with Crippen molar-refractivity contribution in [2.24, 2.45) is 5.92 Å². The minimum absolute atomic E-state index is 0.223. The first-order valence-electron chi connectivity index (χ1n) is 10.0. The first-order chi connectivity index (χ1) is 13.8. The second kappa shape index (κ2) is 9.71. The Morgan fingerprint density at radius 1 is 1.07 bits per heavy atom. The standard InChI is InChI=1S/C19H29N3O7/c1-4-19(5-2)17(26)22(18(27)20-19)11-15(24)29-12-14(23)21-9-7-13(8-10-21)16(25)28-6-3/h13H,4-12H2,1-3H3,(H,20,27). The molecule has 1 N–H and O–H groups in total. The van der Waals surface area contributed by atoms with Gasteiger partial charge < -0.3 is 19.7 Å². The maximum absolute atomic E-state index is 12.5. The number of rotatable bonds is 8. The molecule has 2 heterocycles. The summed E-state index contributed by atoms with van der Waals surface area (Å²) >= 11 is 0. The summed E-state index contributed by atoms with van der Waals surface area (Å²) in [5.41, 5.74) is -0.990. The Morgan fingerprint density at radius 3 is 2.21 bits per heavy atom. The Hall–Kier alpha value is -2.65. The predicted octanol–water partition coefficient (Wildman–Crippen LogP) is 0.442. The molecular weight excluding hydrogens is 382 g/mol. The van der Waals surface area contributed by atoms with Crippen molar-refractivity contribution in [3.63, 3.8) is 0 Å². The van der Waals surface area contributed by atoms with Crippen LogP contribution >= 0.6 is 0 Å². The lowest BCUT2D eigenvalue weighted by molar-refractivity contribution is -0.156. The van der Waals surface area contributed by atoms with Crippen LogP contribution in [0.1, 0.15) is 46.5 Å². The van der Waals surface area contributed by atoms with Gasteiger partial charge in [-0.3, -0.25) is 24.1 Å². The van der Waals surface area contributed by atoms with E-state index in [1.807, 2.05) is 0 Å². The molecule has 2 aliphatic rings. The zero-order chi connectivity index (χ0) is 21.6. The van der Waals surface area contributed by atoms with E-state index < -0.39 is 36.6 Å². The van der Waals surface area contributed by atoms with Gasteiger partial charge in [0.2, 0.25) is 0 Å². The average Bonchev–Trinajstić information content (AvgIpc) is 2.97. The molecule has 4 amide bonds.